The topological polar surface area (TPSA) is 291 Å². The van der Waals surface area contributed by atoms with E-state index in [1.54, 1.807) is 24.5 Å². The van der Waals surface area contributed by atoms with E-state index in [-0.39, 0.29) is 18.4 Å². The molecule has 3 fully saturated rings. The van der Waals surface area contributed by atoms with Crippen molar-refractivity contribution in [2.45, 2.75) is 112 Å². The fourth-order valence-electron chi connectivity index (χ4n) is 6.95. The van der Waals surface area contributed by atoms with Crippen LogP contribution in [-0.4, -0.2) is 156 Å². The SMILES string of the molecule is NC1C[C@H](O[C@@H]2OC(CO)[C@@H](O[C@@H]3OC(CO)[C@@H](O)[C@H](O)C3N)CC2NC(=O)c2ccc(CN(Cc3ccccn3)Cc3ccccn3)nc2)C(CO)O[C@H]1O. The van der Waals surface area contributed by atoms with Crippen molar-refractivity contribution in [1.82, 2.24) is 25.2 Å². The zero-order valence-electron chi connectivity index (χ0n) is 30.6. The average molecular weight is 786 g/mol. The summed E-state index contributed by atoms with van der Waals surface area (Å²) in [6.07, 6.45) is -7.05. The highest BCUT2D eigenvalue weighted by atomic mass is 16.7. The third-order valence-corrected chi connectivity index (χ3v) is 10.1. The lowest BCUT2D eigenvalue weighted by molar-refractivity contribution is -0.326. The molecule has 13 atom stereocenters. The molecule has 3 saturated heterocycles. The van der Waals surface area contributed by atoms with Gasteiger partial charge in [-0.3, -0.25) is 24.6 Å². The van der Waals surface area contributed by atoms with Crippen LogP contribution in [0.25, 0.3) is 0 Å². The summed E-state index contributed by atoms with van der Waals surface area (Å²) in [5, 5.41) is 63.8. The van der Waals surface area contributed by atoms with Crippen molar-refractivity contribution >= 4 is 5.91 Å². The minimum Gasteiger partial charge on any atom is -0.394 e. The van der Waals surface area contributed by atoms with Gasteiger partial charge in [-0.2, -0.15) is 0 Å². The number of carbonyl (C=O) groups is 1. The molecule has 56 heavy (non-hydrogen) atoms. The first-order valence-electron chi connectivity index (χ1n) is 18.5. The summed E-state index contributed by atoms with van der Waals surface area (Å²) >= 11 is 0. The van der Waals surface area contributed by atoms with Gasteiger partial charge in [0.15, 0.2) is 18.9 Å². The maximum atomic E-state index is 13.8. The van der Waals surface area contributed by atoms with Crippen molar-refractivity contribution in [2.75, 3.05) is 19.8 Å². The molecule has 19 nitrogen and oxygen atoms in total. The highest BCUT2D eigenvalue weighted by Gasteiger charge is 2.48. The van der Waals surface area contributed by atoms with Gasteiger partial charge in [-0.15, -0.1) is 0 Å². The summed E-state index contributed by atoms with van der Waals surface area (Å²) in [7, 11) is 0. The van der Waals surface area contributed by atoms with Crippen LogP contribution in [0.3, 0.4) is 0 Å². The molecule has 1 amide bonds. The molecule has 306 valence electrons. The van der Waals surface area contributed by atoms with Crippen LogP contribution >= 0.6 is 0 Å². The molecule has 3 aliphatic heterocycles. The van der Waals surface area contributed by atoms with Gasteiger partial charge in [0, 0.05) is 44.6 Å². The van der Waals surface area contributed by atoms with E-state index in [4.69, 9.17) is 35.2 Å². The van der Waals surface area contributed by atoms with E-state index >= 15 is 0 Å². The summed E-state index contributed by atoms with van der Waals surface area (Å²) in [6.45, 7) is -0.213. The number of hydrogen-bond acceptors (Lipinski definition) is 18. The van der Waals surface area contributed by atoms with Crippen molar-refractivity contribution in [1.29, 1.82) is 0 Å². The first kappa shape index (κ1) is 42.0. The summed E-state index contributed by atoms with van der Waals surface area (Å²) < 4.78 is 29.6. The molecule has 0 radical (unpaired) electrons. The Balaban J connectivity index is 1.18. The quantitative estimate of drug-likeness (QED) is 0.0754. The van der Waals surface area contributed by atoms with Crippen LogP contribution in [0.5, 0.6) is 0 Å². The number of hydrogen-bond donors (Lipinski definition) is 9. The molecule has 0 aromatic carbocycles. The van der Waals surface area contributed by atoms with Crippen molar-refractivity contribution < 1.29 is 59.1 Å². The van der Waals surface area contributed by atoms with E-state index in [1.165, 1.54) is 6.20 Å². The third kappa shape index (κ3) is 10.4. The Bertz CT molecular complexity index is 1610. The van der Waals surface area contributed by atoms with Crippen LogP contribution < -0.4 is 16.8 Å². The normalized spacial score (nSPS) is 33.6. The average Bonchev–Trinajstić information content (AvgIpc) is 3.21. The standard InChI is InChI=1S/C37H51N7O12/c38-24-11-26(28(17-45)52-35(24)51)53-36-25(12-27(29(18-46)55-36)54-37-31(39)33(49)32(48)30(19-47)56-37)43-34(50)20-7-8-23(42-13-20)16-44(14-21-5-1-3-9-40-21)15-22-6-2-4-10-41-22/h1-10,13,24-33,35-37,45-49,51H,11-12,14-19,38-39H2,(H,43,50)/t24?,25?,26-,27-,28?,29?,30?,31?,32+,33+,35+,36+,37+/m0/s1. The monoisotopic (exact) mass is 785 g/mol. The van der Waals surface area contributed by atoms with Crippen LogP contribution in [0.4, 0.5) is 0 Å². The van der Waals surface area contributed by atoms with E-state index < -0.39 is 105 Å². The first-order chi connectivity index (χ1) is 27.1. The highest BCUT2D eigenvalue weighted by molar-refractivity contribution is 5.94. The molecule has 6 unspecified atom stereocenters. The fourth-order valence-corrected chi connectivity index (χ4v) is 6.95. The van der Waals surface area contributed by atoms with Crippen molar-refractivity contribution in [2.24, 2.45) is 11.5 Å². The molecule has 6 rings (SSSR count). The molecule has 3 aliphatic rings. The lowest BCUT2D eigenvalue weighted by Gasteiger charge is -2.46. The Kier molecular flexibility index (Phi) is 14.8. The lowest BCUT2D eigenvalue weighted by Crippen LogP contribution is -2.65. The number of aliphatic hydroxyl groups is 6. The maximum Gasteiger partial charge on any atom is 0.253 e. The zero-order valence-corrected chi connectivity index (χ0v) is 30.6. The molecule has 11 N–H and O–H groups in total. The molecule has 3 aromatic rings. The molecular weight excluding hydrogens is 734 g/mol. The highest BCUT2D eigenvalue weighted by Crippen LogP contribution is 2.31. The second-order valence-electron chi connectivity index (χ2n) is 14.1. The number of nitrogens with zero attached hydrogens (tertiary/aromatic N) is 4. The van der Waals surface area contributed by atoms with E-state index in [2.05, 4.69) is 25.2 Å². The summed E-state index contributed by atoms with van der Waals surface area (Å²) in [5.41, 5.74) is 14.8. The minimum absolute atomic E-state index is 0.0375. The van der Waals surface area contributed by atoms with Crippen LogP contribution in [0, 0.1) is 0 Å². The Hall–Kier alpha value is -3.64. The summed E-state index contributed by atoms with van der Waals surface area (Å²) in [4.78, 5) is 29.4. The van der Waals surface area contributed by atoms with Crippen molar-refractivity contribution in [3.05, 3.63) is 89.8 Å². The number of aromatic nitrogens is 3. The molecule has 6 heterocycles. The number of nitrogens with one attached hydrogen (secondary N) is 1. The van der Waals surface area contributed by atoms with E-state index in [0.717, 1.165) is 11.4 Å². The van der Waals surface area contributed by atoms with Crippen LogP contribution in [-0.2, 0) is 43.3 Å². The maximum absolute atomic E-state index is 13.8. The van der Waals surface area contributed by atoms with Gasteiger partial charge in [-0.05, 0) is 42.8 Å². The Morgan fingerprint density at radius 1 is 0.732 bits per heavy atom. The number of nitrogens with two attached hydrogens (primary N) is 2. The minimum atomic E-state index is -1.50. The van der Waals surface area contributed by atoms with E-state index in [0.29, 0.717) is 25.3 Å². The molecule has 0 saturated carbocycles. The molecule has 0 bridgehead atoms. The van der Waals surface area contributed by atoms with Gasteiger partial charge in [-0.1, -0.05) is 12.1 Å². The second-order valence-corrected chi connectivity index (χ2v) is 14.1. The zero-order chi connectivity index (χ0) is 39.8. The van der Waals surface area contributed by atoms with Crippen LogP contribution in [0.15, 0.2) is 67.1 Å². The predicted octanol–water partition coefficient (Wildman–Crippen LogP) is -2.76. The molecule has 0 spiro atoms. The van der Waals surface area contributed by atoms with E-state index in [9.17, 15) is 35.4 Å². The number of rotatable bonds is 15. The number of ether oxygens (including phenoxy) is 5. The smallest absolute Gasteiger partial charge is 0.253 e. The second kappa shape index (κ2) is 19.7. The van der Waals surface area contributed by atoms with Crippen molar-refractivity contribution in [3.63, 3.8) is 0 Å². The molecule has 0 aliphatic carbocycles. The van der Waals surface area contributed by atoms with Gasteiger partial charge >= 0.3 is 0 Å². The third-order valence-electron chi connectivity index (χ3n) is 10.1. The van der Waals surface area contributed by atoms with E-state index in [1.807, 2.05) is 36.4 Å². The van der Waals surface area contributed by atoms with Crippen LogP contribution in [0.1, 0.15) is 40.3 Å². The first-order valence-corrected chi connectivity index (χ1v) is 18.5. The van der Waals surface area contributed by atoms with Gasteiger partial charge in [0.05, 0.1) is 72.8 Å². The Labute approximate surface area is 323 Å². The molecular formula is C37H51N7O12. The van der Waals surface area contributed by atoms with Gasteiger partial charge in [0.25, 0.3) is 5.91 Å². The van der Waals surface area contributed by atoms with Crippen molar-refractivity contribution in [3.8, 4) is 0 Å². The van der Waals surface area contributed by atoms with Gasteiger partial charge in [-0.25, -0.2) is 0 Å². The number of carbonyl (C=O) groups excluding carboxylic acids is 1. The number of aliphatic hydroxyl groups excluding tert-OH is 6. The predicted molar refractivity (Wildman–Crippen MR) is 193 cm³/mol. The molecule has 19 heteroatoms. The lowest BCUT2D eigenvalue weighted by atomic mass is 9.96. The van der Waals surface area contributed by atoms with Gasteiger partial charge in [0.2, 0.25) is 0 Å². The number of amides is 1. The van der Waals surface area contributed by atoms with Gasteiger partial charge < -0.3 is 71.1 Å². The largest absolute Gasteiger partial charge is 0.394 e. The number of pyridine rings is 3. The summed E-state index contributed by atoms with van der Waals surface area (Å²) in [5.74, 6) is -0.540. The fraction of sp³-hybridized carbons (Fsp3) is 0.568. The molecule has 3 aromatic heterocycles. The summed E-state index contributed by atoms with van der Waals surface area (Å²) in [6, 6.07) is 11.8. The Morgan fingerprint density at radius 3 is 1.88 bits per heavy atom. The Morgan fingerprint density at radius 2 is 1.30 bits per heavy atom. The van der Waals surface area contributed by atoms with Gasteiger partial charge in [0.1, 0.15) is 30.5 Å². The van der Waals surface area contributed by atoms with Crippen LogP contribution in [0.2, 0.25) is 0 Å².